The third-order valence-electron chi connectivity index (χ3n) is 5.16. The van der Waals surface area contributed by atoms with Crippen molar-refractivity contribution in [2.45, 2.75) is 33.1 Å². The molecule has 0 spiro atoms. The number of hydrogen-bond acceptors (Lipinski definition) is 5. The molecule has 0 bridgehead atoms. The van der Waals surface area contributed by atoms with Crippen LogP contribution in [0.1, 0.15) is 34.6 Å². The average molecular weight is 436 g/mol. The molecule has 2 amide bonds. The average Bonchev–Trinajstić information content (AvgIpc) is 2.74. The van der Waals surface area contributed by atoms with E-state index in [0.717, 1.165) is 39.7 Å². The fourth-order valence-electron chi connectivity index (χ4n) is 3.84. The molecule has 3 rings (SSSR count). The van der Waals surface area contributed by atoms with Crippen LogP contribution in [0.2, 0.25) is 0 Å². The molecule has 0 fully saturated rings. The van der Waals surface area contributed by atoms with Crippen molar-refractivity contribution in [3.05, 3.63) is 69.3 Å². The van der Waals surface area contributed by atoms with E-state index in [2.05, 4.69) is 16.7 Å². The lowest BCUT2D eigenvalue weighted by atomic mass is 9.86. The zero-order valence-corrected chi connectivity index (χ0v) is 18.9. The normalized spacial score (nSPS) is 15.8. The van der Waals surface area contributed by atoms with E-state index in [4.69, 9.17) is 4.74 Å². The minimum absolute atomic E-state index is 0.0756. The standard InChI is InChI=1S/C24H25N3O3S/c1-14-9-15(2)23(16(3)10-14)26-22(29)13-31-24-19(12-25)18(11-21(28)27-24)17-7-5-6-8-20(17)30-4/h5-10,18H,11,13H2,1-4H3,(H,26,29)(H,27,28). The molecule has 6 nitrogen and oxygen atoms in total. The predicted octanol–water partition coefficient (Wildman–Crippen LogP) is 4.33. The molecule has 1 aliphatic rings. The number of methoxy groups -OCH3 is 1. The molecule has 0 radical (unpaired) electrons. The van der Waals surface area contributed by atoms with Gasteiger partial charge in [-0.3, -0.25) is 9.59 Å². The second-order valence-electron chi connectivity index (χ2n) is 7.51. The molecule has 2 aromatic carbocycles. The SMILES string of the molecule is COc1ccccc1C1CC(=O)NC(SCC(=O)Nc2c(C)cc(C)cc2C)=C1C#N. The van der Waals surface area contributed by atoms with Gasteiger partial charge in [-0.2, -0.15) is 5.26 Å². The Morgan fingerprint density at radius 3 is 2.58 bits per heavy atom. The van der Waals surface area contributed by atoms with Crippen LogP contribution in [0.4, 0.5) is 5.69 Å². The van der Waals surface area contributed by atoms with Crippen molar-refractivity contribution in [3.63, 3.8) is 0 Å². The highest BCUT2D eigenvalue weighted by molar-refractivity contribution is 8.03. The molecule has 0 aromatic heterocycles. The van der Waals surface area contributed by atoms with Crippen molar-refractivity contribution >= 4 is 29.3 Å². The Labute approximate surface area is 186 Å². The Kier molecular flexibility index (Phi) is 7.03. The van der Waals surface area contributed by atoms with Gasteiger partial charge in [0.1, 0.15) is 5.75 Å². The molecule has 1 unspecified atom stereocenters. The molecule has 1 heterocycles. The number of nitrogens with zero attached hydrogens (tertiary/aromatic N) is 1. The maximum Gasteiger partial charge on any atom is 0.234 e. The maximum absolute atomic E-state index is 12.6. The summed E-state index contributed by atoms with van der Waals surface area (Å²) >= 11 is 1.16. The summed E-state index contributed by atoms with van der Waals surface area (Å²) in [7, 11) is 1.56. The van der Waals surface area contributed by atoms with Gasteiger partial charge in [0, 0.05) is 23.6 Å². The van der Waals surface area contributed by atoms with E-state index in [1.165, 1.54) is 0 Å². The van der Waals surface area contributed by atoms with E-state index >= 15 is 0 Å². The molecule has 2 N–H and O–H groups in total. The lowest BCUT2D eigenvalue weighted by Gasteiger charge is -2.26. The second kappa shape index (κ2) is 9.71. The zero-order chi connectivity index (χ0) is 22.5. The van der Waals surface area contributed by atoms with Gasteiger partial charge in [0.2, 0.25) is 11.8 Å². The van der Waals surface area contributed by atoms with E-state index in [1.54, 1.807) is 7.11 Å². The van der Waals surface area contributed by atoms with Crippen molar-refractivity contribution in [2.24, 2.45) is 0 Å². The van der Waals surface area contributed by atoms with Gasteiger partial charge >= 0.3 is 0 Å². The summed E-state index contributed by atoms with van der Waals surface area (Å²) < 4.78 is 5.42. The summed E-state index contributed by atoms with van der Waals surface area (Å²) in [5.74, 6) is -0.0994. The number of thioether (sulfide) groups is 1. The van der Waals surface area contributed by atoms with Crippen molar-refractivity contribution in [2.75, 3.05) is 18.2 Å². The summed E-state index contributed by atoms with van der Waals surface area (Å²) in [5.41, 5.74) is 5.14. The third-order valence-corrected chi connectivity index (χ3v) is 6.18. The Morgan fingerprint density at radius 1 is 1.26 bits per heavy atom. The van der Waals surface area contributed by atoms with E-state index in [-0.39, 0.29) is 24.0 Å². The van der Waals surface area contributed by atoms with Crippen molar-refractivity contribution in [3.8, 4) is 11.8 Å². The number of allylic oxidation sites excluding steroid dienone is 1. The largest absolute Gasteiger partial charge is 0.496 e. The number of nitrogens with one attached hydrogen (secondary N) is 2. The van der Waals surface area contributed by atoms with Crippen LogP contribution in [-0.2, 0) is 9.59 Å². The number of rotatable bonds is 6. The highest BCUT2D eigenvalue weighted by Gasteiger charge is 2.31. The Balaban J connectivity index is 1.81. The predicted molar refractivity (Wildman–Crippen MR) is 123 cm³/mol. The maximum atomic E-state index is 12.6. The zero-order valence-electron chi connectivity index (χ0n) is 18.0. The van der Waals surface area contributed by atoms with Gasteiger partial charge < -0.3 is 15.4 Å². The summed E-state index contributed by atoms with van der Waals surface area (Å²) in [4.78, 5) is 25.0. The Hall–Kier alpha value is -3.24. The van der Waals surface area contributed by atoms with Crippen LogP contribution in [0, 0.1) is 32.1 Å². The van der Waals surface area contributed by atoms with Crippen LogP contribution >= 0.6 is 11.8 Å². The van der Waals surface area contributed by atoms with Gasteiger partial charge in [0.05, 0.1) is 29.5 Å². The fourth-order valence-corrected chi connectivity index (χ4v) is 4.72. The van der Waals surface area contributed by atoms with Gasteiger partial charge in [-0.25, -0.2) is 0 Å². The number of anilines is 1. The summed E-state index contributed by atoms with van der Waals surface area (Å²) in [6.45, 7) is 5.93. The second-order valence-corrected chi connectivity index (χ2v) is 8.50. The van der Waals surface area contributed by atoms with Crippen LogP contribution in [0.15, 0.2) is 47.0 Å². The lowest BCUT2D eigenvalue weighted by molar-refractivity contribution is -0.121. The molecule has 0 saturated carbocycles. The topological polar surface area (TPSA) is 91.2 Å². The van der Waals surface area contributed by atoms with E-state index in [1.807, 2.05) is 57.2 Å². The lowest BCUT2D eigenvalue weighted by Crippen LogP contribution is -2.31. The van der Waals surface area contributed by atoms with Crippen molar-refractivity contribution in [1.29, 1.82) is 5.26 Å². The Morgan fingerprint density at radius 2 is 1.94 bits per heavy atom. The molecule has 1 atom stereocenters. The van der Waals surface area contributed by atoms with E-state index in [9.17, 15) is 14.9 Å². The van der Waals surface area contributed by atoms with Gasteiger partial charge in [-0.1, -0.05) is 47.7 Å². The number of carbonyl (C=O) groups excluding carboxylic acids is 2. The first-order valence-corrected chi connectivity index (χ1v) is 10.9. The third kappa shape index (κ3) is 5.09. The van der Waals surface area contributed by atoms with Crippen LogP contribution in [0.5, 0.6) is 5.75 Å². The molecule has 1 aliphatic heterocycles. The number of ether oxygens (including phenoxy) is 1. The first-order valence-electron chi connectivity index (χ1n) is 9.91. The van der Waals surface area contributed by atoms with Crippen molar-refractivity contribution in [1.82, 2.24) is 5.32 Å². The smallest absolute Gasteiger partial charge is 0.234 e. The first kappa shape index (κ1) is 22.4. The molecular weight excluding hydrogens is 410 g/mol. The summed E-state index contributed by atoms with van der Waals surface area (Å²) in [6, 6.07) is 13.6. The van der Waals surface area contributed by atoms with E-state index in [0.29, 0.717) is 16.4 Å². The number of para-hydroxylation sites is 1. The molecule has 2 aromatic rings. The van der Waals surface area contributed by atoms with E-state index < -0.39 is 5.92 Å². The van der Waals surface area contributed by atoms with Crippen LogP contribution in [0.3, 0.4) is 0 Å². The molecule has 0 saturated heterocycles. The quantitative estimate of drug-likeness (QED) is 0.705. The number of aryl methyl sites for hydroxylation is 3. The van der Waals surface area contributed by atoms with Crippen molar-refractivity contribution < 1.29 is 14.3 Å². The number of nitriles is 1. The molecule has 31 heavy (non-hydrogen) atoms. The minimum Gasteiger partial charge on any atom is -0.496 e. The number of hydrogen-bond donors (Lipinski definition) is 2. The molecule has 0 aliphatic carbocycles. The fraction of sp³-hybridized carbons (Fsp3) is 0.292. The van der Waals surface area contributed by atoms with Crippen LogP contribution < -0.4 is 15.4 Å². The monoisotopic (exact) mass is 435 g/mol. The molecule has 7 heteroatoms. The Bertz CT molecular complexity index is 1080. The molecular formula is C24H25N3O3S. The number of amides is 2. The first-order chi connectivity index (χ1) is 14.8. The number of carbonyl (C=O) groups is 2. The summed E-state index contributed by atoms with van der Waals surface area (Å²) in [5, 5.41) is 16.0. The summed E-state index contributed by atoms with van der Waals surface area (Å²) in [6.07, 6.45) is 0.154. The highest BCUT2D eigenvalue weighted by Crippen LogP contribution is 2.39. The van der Waals surface area contributed by atoms with Gasteiger partial charge in [-0.05, 0) is 38.0 Å². The van der Waals surface area contributed by atoms with Crippen LogP contribution in [0.25, 0.3) is 0 Å². The highest BCUT2D eigenvalue weighted by atomic mass is 32.2. The van der Waals surface area contributed by atoms with Gasteiger partial charge in [0.15, 0.2) is 0 Å². The van der Waals surface area contributed by atoms with Gasteiger partial charge in [0.25, 0.3) is 0 Å². The van der Waals surface area contributed by atoms with Gasteiger partial charge in [-0.15, -0.1) is 0 Å². The number of benzene rings is 2. The minimum atomic E-state index is -0.415. The van der Waals surface area contributed by atoms with Crippen LogP contribution in [-0.4, -0.2) is 24.7 Å². The molecule has 160 valence electrons.